The molecule has 262 valence electrons. The molecular formula is C53H45N. The third-order valence-electron chi connectivity index (χ3n) is 12.1. The zero-order valence-corrected chi connectivity index (χ0v) is 31.6. The Kier molecular flexibility index (Phi) is 8.51. The highest BCUT2D eigenvalue weighted by Gasteiger charge is 2.43. The average Bonchev–Trinajstić information content (AvgIpc) is 3.52. The highest BCUT2D eigenvalue weighted by Crippen LogP contribution is 2.59. The maximum absolute atomic E-state index is 2.52. The highest BCUT2D eigenvalue weighted by atomic mass is 15.1. The number of aryl methyl sites for hydroxylation is 2. The van der Waals surface area contributed by atoms with Crippen LogP contribution in [0.5, 0.6) is 0 Å². The lowest BCUT2D eigenvalue weighted by Crippen LogP contribution is -2.23. The molecule has 0 fully saturated rings. The van der Waals surface area contributed by atoms with Gasteiger partial charge in [-0.3, -0.25) is 0 Å². The molecule has 0 bridgehead atoms. The van der Waals surface area contributed by atoms with Crippen LogP contribution in [0.4, 0.5) is 17.1 Å². The minimum atomic E-state index is -0.0471. The Bertz CT molecular complexity index is 2630. The fourth-order valence-corrected chi connectivity index (χ4v) is 9.01. The van der Waals surface area contributed by atoms with Crippen LogP contribution in [-0.4, -0.2) is 0 Å². The second-order valence-corrected chi connectivity index (χ2v) is 14.8. The molecule has 8 aromatic carbocycles. The van der Waals surface area contributed by atoms with E-state index in [2.05, 4.69) is 209 Å². The fourth-order valence-electron chi connectivity index (χ4n) is 9.01. The molecule has 54 heavy (non-hydrogen) atoms. The number of benzene rings is 8. The summed E-state index contributed by atoms with van der Waals surface area (Å²) in [7, 11) is 0. The minimum absolute atomic E-state index is 0.0471. The highest BCUT2D eigenvalue weighted by molar-refractivity contribution is 6.10. The summed E-state index contributed by atoms with van der Waals surface area (Å²) < 4.78 is 0. The quantitative estimate of drug-likeness (QED) is 0.153. The van der Waals surface area contributed by atoms with E-state index >= 15 is 0 Å². The van der Waals surface area contributed by atoms with Crippen LogP contribution >= 0.6 is 0 Å². The summed E-state index contributed by atoms with van der Waals surface area (Å²) in [6.45, 7) is 9.10. The van der Waals surface area contributed by atoms with Crippen LogP contribution in [-0.2, 0) is 5.41 Å². The van der Waals surface area contributed by atoms with Crippen molar-refractivity contribution in [1.29, 1.82) is 0 Å². The lowest BCUT2D eigenvalue weighted by Gasteiger charge is -2.32. The summed E-state index contributed by atoms with van der Waals surface area (Å²) in [5.41, 5.74) is 19.0. The van der Waals surface area contributed by atoms with Gasteiger partial charge in [-0.05, 0) is 124 Å². The van der Waals surface area contributed by atoms with E-state index in [9.17, 15) is 0 Å². The van der Waals surface area contributed by atoms with Gasteiger partial charge >= 0.3 is 0 Å². The molecule has 0 amide bonds. The van der Waals surface area contributed by atoms with Gasteiger partial charge in [0.2, 0.25) is 0 Å². The molecule has 0 heterocycles. The van der Waals surface area contributed by atoms with Crippen molar-refractivity contribution >= 4 is 27.8 Å². The van der Waals surface area contributed by atoms with Crippen molar-refractivity contribution in [1.82, 2.24) is 0 Å². The molecule has 1 aliphatic rings. The molecule has 0 aromatic heterocycles. The number of anilines is 3. The third-order valence-corrected chi connectivity index (χ3v) is 12.1. The van der Waals surface area contributed by atoms with E-state index < -0.39 is 0 Å². The summed E-state index contributed by atoms with van der Waals surface area (Å²) in [5, 5.41) is 2.53. The molecular weight excluding hydrogens is 651 g/mol. The molecule has 0 saturated carbocycles. The molecule has 8 aromatic rings. The van der Waals surface area contributed by atoms with Crippen molar-refractivity contribution in [2.24, 2.45) is 0 Å². The van der Waals surface area contributed by atoms with Gasteiger partial charge in [0.25, 0.3) is 0 Å². The first-order valence-corrected chi connectivity index (χ1v) is 19.4. The Balaban J connectivity index is 1.28. The van der Waals surface area contributed by atoms with E-state index in [-0.39, 0.29) is 5.41 Å². The summed E-state index contributed by atoms with van der Waals surface area (Å²) in [4.78, 5) is 2.52. The Labute approximate surface area is 320 Å². The molecule has 1 nitrogen and oxygen atoms in total. The molecule has 0 atom stereocenters. The Hall–Kier alpha value is -6.18. The fraction of sp³-hybridized carbons (Fsp3) is 0.132. The van der Waals surface area contributed by atoms with Crippen LogP contribution < -0.4 is 4.90 Å². The molecule has 0 N–H and O–H groups in total. The second-order valence-electron chi connectivity index (χ2n) is 14.8. The van der Waals surface area contributed by atoms with E-state index in [0.717, 1.165) is 24.2 Å². The number of hydrogen-bond acceptors (Lipinski definition) is 1. The van der Waals surface area contributed by atoms with Crippen molar-refractivity contribution in [2.75, 3.05) is 4.90 Å². The summed E-state index contributed by atoms with van der Waals surface area (Å²) in [6.07, 6.45) is 2.09. The van der Waals surface area contributed by atoms with E-state index in [4.69, 9.17) is 0 Å². The summed E-state index contributed by atoms with van der Waals surface area (Å²) in [5.74, 6) is 0. The molecule has 0 radical (unpaired) electrons. The van der Waals surface area contributed by atoms with Crippen molar-refractivity contribution in [2.45, 2.75) is 46.0 Å². The Morgan fingerprint density at radius 3 is 1.61 bits per heavy atom. The molecule has 0 saturated heterocycles. The van der Waals surface area contributed by atoms with E-state index in [1.165, 1.54) is 83.2 Å². The number of nitrogens with zero attached hydrogens (tertiary/aromatic N) is 1. The van der Waals surface area contributed by atoms with Crippen molar-refractivity contribution in [3.8, 4) is 44.5 Å². The third kappa shape index (κ3) is 5.46. The molecule has 9 rings (SSSR count). The molecule has 1 heteroatoms. The molecule has 0 unspecified atom stereocenters. The van der Waals surface area contributed by atoms with Gasteiger partial charge in [0.15, 0.2) is 0 Å². The molecule has 0 aliphatic heterocycles. The van der Waals surface area contributed by atoms with Crippen molar-refractivity contribution in [3.63, 3.8) is 0 Å². The van der Waals surface area contributed by atoms with E-state index in [1.807, 2.05) is 0 Å². The van der Waals surface area contributed by atoms with Gasteiger partial charge in [-0.1, -0.05) is 159 Å². The molecule has 1 aliphatic carbocycles. The van der Waals surface area contributed by atoms with Crippen LogP contribution in [0.2, 0.25) is 0 Å². The van der Waals surface area contributed by atoms with Crippen LogP contribution in [0.1, 0.15) is 48.9 Å². The van der Waals surface area contributed by atoms with Crippen LogP contribution in [0, 0.1) is 13.8 Å². The van der Waals surface area contributed by atoms with Gasteiger partial charge in [-0.15, -0.1) is 0 Å². The number of hydrogen-bond donors (Lipinski definition) is 0. The maximum Gasteiger partial charge on any atom is 0.0621 e. The standard InChI is InChI=1S/C53H45N/c1-5-53(6-2)49-23-15-14-22-48(49)51-50(53)35-42-18-10-11-21-47(42)52(51)54(43-30-26-38(27-31-43)41-25-24-36(3)37(4)34-41)44-32-28-40(29-33-44)46-20-13-12-19-45(46)39-16-8-7-9-17-39/h7-35H,5-6H2,1-4H3. The predicted octanol–water partition coefficient (Wildman–Crippen LogP) is 15.0. The summed E-state index contributed by atoms with van der Waals surface area (Å²) >= 11 is 0. The zero-order valence-electron chi connectivity index (χ0n) is 31.6. The monoisotopic (exact) mass is 695 g/mol. The van der Waals surface area contributed by atoms with Gasteiger partial charge < -0.3 is 4.90 Å². The van der Waals surface area contributed by atoms with Gasteiger partial charge in [0.05, 0.1) is 5.69 Å². The summed E-state index contributed by atoms with van der Waals surface area (Å²) in [6, 6.07) is 65.3. The van der Waals surface area contributed by atoms with Crippen LogP contribution in [0.3, 0.4) is 0 Å². The van der Waals surface area contributed by atoms with Gasteiger partial charge in [-0.25, -0.2) is 0 Å². The Morgan fingerprint density at radius 1 is 0.426 bits per heavy atom. The minimum Gasteiger partial charge on any atom is -0.309 e. The Morgan fingerprint density at radius 2 is 0.963 bits per heavy atom. The van der Waals surface area contributed by atoms with E-state index in [0.29, 0.717) is 0 Å². The largest absolute Gasteiger partial charge is 0.309 e. The first kappa shape index (κ1) is 33.6. The van der Waals surface area contributed by atoms with Crippen LogP contribution in [0.15, 0.2) is 176 Å². The SMILES string of the molecule is CCC1(CC)c2ccccc2-c2c1cc1ccccc1c2N(c1ccc(-c2ccc(C)c(C)c2)cc1)c1ccc(-c2ccccc2-c2ccccc2)cc1. The second kappa shape index (κ2) is 13.7. The predicted molar refractivity (Wildman–Crippen MR) is 231 cm³/mol. The zero-order chi connectivity index (χ0) is 36.8. The smallest absolute Gasteiger partial charge is 0.0621 e. The topological polar surface area (TPSA) is 3.24 Å². The normalized spacial score (nSPS) is 12.7. The van der Waals surface area contributed by atoms with Gasteiger partial charge in [-0.2, -0.15) is 0 Å². The average molecular weight is 696 g/mol. The lowest BCUT2D eigenvalue weighted by molar-refractivity contribution is 0.491. The number of rotatable bonds is 8. The van der Waals surface area contributed by atoms with E-state index in [1.54, 1.807) is 0 Å². The van der Waals surface area contributed by atoms with Crippen LogP contribution in [0.25, 0.3) is 55.3 Å². The maximum atomic E-state index is 2.52. The number of fused-ring (bicyclic) bond motifs is 4. The lowest BCUT2D eigenvalue weighted by atomic mass is 9.73. The first-order valence-electron chi connectivity index (χ1n) is 19.4. The van der Waals surface area contributed by atoms with Gasteiger partial charge in [0.1, 0.15) is 0 Å². The van der Waals surface area contributed by atoms with Gasteiger partial charge in [0, 0.05) is 27.7 Å². The molecule has 0 spiro atoms. The van der Waals surface area contributed by atoms with Crippen molar-refractivity contribution < 1.29 is 0 Å². The first-order chi connectivity index (χ1) is 26.5. The van der Waals surface area contributed by atoms with Crippen molar-refractivity contribution in [3.05, 3.63) is 198 Å².